The first-order valence-electron chi connectivity index (χ1n) is 7.16. The van der Waals surface area contributed by atoms with Gasteiger partial charge in [-0.2, -0.15) is 5.10 Å². The first-order chi connectivity index (χ1) is 9.72. The molecule has 1 N–H and O–H groups in total. The summed E-state index contributed by atoms with van der Waals surface area (Å²) < 4.78 is 2.84. The number of halogens is 1. The van der Waals surface area contributed by atoms with Gasteiger partial charge >= 0.3 is 0 Å². The normalized spacial score (nSPS) is 22.8. The molecule has 3 rings (SSSR count). The Bertz CT molecular complexity index is 581. The second-order valence-corrected chi connectivity index (χ2v) is 6.32. The van der Waals surface area contributed by atoms with Crippen LogP contribution >= 0.6 is 15.9 Å². The van der Waals surface area contributed by atoms with E-state index < -0.39 is 6.10 Å². The minimum atomic E-state index is -0.441. The van der Waals surface area contributed by atoms with Crippen molar-refractivity contribution in [3.8, 4) is 0 Å². The number of benzene rings is 1. The predicted octanol–water partition coefficient (Wildman–Crippen LogP) is 3.89. The van der Waals surface area contributed by atoms with Crippen LogP contribution in [0, 0.1) is 5.92 Å². The van der Waals surface area contributed by atoms with Crippen LogP contribution in [0.3, 0.4) is 0 Å². The second kappa shape index (κ2) is 5.70. The maximum atomic E-state index is 10.7. The third kappa shape index (κ3) is 2.54. The lowest BCUT2D eigenvalue weighted by atomic mass is 10.1. The zero-order valence-electron chi connectivity index (χ0n) is 11.5. The molecule has 3 atom stereocenters. The van der Waals surface area contributed by atoms with Crippen LogP contribution < -0.4 is 0 Å². The van der Waals surface area contributed by atoms with Crippen molar-refractivity contribution >= 4 is 15.9 Å². The lowest BCUT2D eigenvalue weighted by Crippen LogP contribution is -2.11. The molecule has 106 valence electrons. The quantitative estimate of drug-likeness (QED) is 0.900. The fourth-order valence-corrected chi connectivity index (χ4v) is 3.44. The Morgan fingerprint density at radius 2 is 2.15 bits per heavy atom. The van der Waals surface area contributed by atoms with Crippen LogP contribution in [0.1, 0.15) is 43.0 Å². The van der Waals surface area contributed by atoms with Gasteiger partial charge in [-0.05, 0) is 46.2 Å². The molecule has 0 amide bonds. The van der Waals surface area contributed by atoms with Gasteiger partial charge in [0.25, 0.3) is 0 Å². The number of aliphatic hydroxyl groups is 1. The van der Waals surface area contributed by atoms with E-state index in [2.05, 4.69) is 52.2 Å². The molecule has 0 spiro atoms. The molecule has 0 bridgehead atoms. The van der Waals surface area contributed by atoms with Gasteiger partial charge in [0.2, 0.25) is 0 Å². The fourth-order valence-electron chi connectivity index (χ4n) is 2.91. The summed E-state index contributed by atoms with van der Waals surface area (Å²) in [4.78, 5) is 0. The number of nitrogens with zero attached hydrogens (tertiary/aromatic N) is 2. The van der Waals surface area contributed by atoms with Crippen molar-refractivity contribution in [3.63, 3.8) is 0 Å². The monoisotopic (exact) mass is 334 g/mol. The van der Waals surface area contributed by atoms with Gasteiger partial charge in [0, 0.05) is 6.54 Å². The Hall–Kier alpha value is -1.13. The number of aryl methyl sites for hydroxylation is 1. The maximum absolute atomic E-state index is 10.7. The van der Waals surface area contributed by atoms with Gasteiger partial charge < -0.3 is 5.11 Å². The van der Waals surface area contributed by atoms with E-state index in [1.165, 1.54) is 5.56 Å². The van der Waals surface area contributed by atoms with E-state index in [1.54, 1.807) is 6.20 Å². The van der Waals surface area contributed by atoms with Crippen molar-refractivity contribution in [1.29, 1.82) is 0 Å². The zero-order valence-corrected chi connectivity index (χ0v) is 13.1. The van der Waals surface area contributed by atoms with Gasteiger partial charge in [0.05, 0.1) is 16.4 Å². The summed E-state index contributed by atoms with van der Waals surface area (Å²) in [5, 5.41) is 15.0. The summed E-state index contributed by atoms with van der Waals surface area (Å²) in [5.74, 6) is 0.782. The third-order valence-corrected chi connectivity index (χ3v) is 4.63. The lowest BCUT2D eigenvalue weighted by Gasteiger charge is -2.14. The molecule has 3 unspecified atom stereocenters. The third-order valence-electron chi connectivity index (χ3n) is 4.02. The number of rotatable bonds is 5. The number of aliphatic hydroxyl groups excluding tert-OH is 1. The summed E-state index contributed by atoms with van der Waals surface area (Å²) in [5.41, 5.74) is 2.25. The zero-order chi connectivity index (χ0) is 14.1. The van der Waals surface area contributed by atoms with E-state index in [-0.39, 0.29) is 0 Å². The van der Waals surface area contributed by atoms with Crippen LogP contribution in [-0.4, -0.2) is 14.9 Å². The summed E-state index contributed by atoms with van der Waals surface area (Å²) in [6, 6.07) is 10.5. The van der Waals surface area contributed by atoms with Gasteiger partial charge in [0.1, 0.15) is 6.10 Å². The van der Waals surface area contributed by atoms with E-state index in [9.17, 15) is 5.11 Å². The largest absolute Gasteiger partial charge is 0.386 e. The van der Waals surface area contributed by atoms with Crippen molar-refractivity contribution in [3.05, 3.63) is 52.3 Å². The minimum Gasteiger partial charge on any atom is -0.386 e. The number of hydrogen-bond donors (Lipinski definition) is 1. The minimum absolute atomic E-state index is 0.306. The Morgan fingerprint density at radius 1 is 1.40 bits per heavy atom. The van der Waals surface area contributed by atoms with Crippen LogP contribution in [0.15, 0.2) is 41.0 Å². The fraction of sp³-hybridized carbons (Fsp3) is 0.438. The van der Waals surface area contributed by atoms with Gasteiger partial charge in [-0.3, -0.25) is 4.68 Å². The molecule has 1 aromatic heterocycles. The van der Waals surface area contributed by atoms with Crippen molar-refractivity contribution in [2.45, 2.75) is 38.3 Å². The Labute approximate surface area is 127 Å². The molecular formula is C16H19BrN2O. The molecule has 0 aliphatic heterocycles. The Kier molecular flexibility index (Phi) is 3.94. The maximum Gasteiger partial charge on any atom is 0.100 e. The molecule has 1 aliphatic carbocycles. The molecule has 2 aromatic rings. The van der Waals surface area contributed by atoms with Crippen LogP contribution in [0.4, 0.5) is 0 Å². The van der Waals surface area contributed by atoms with Crippen molar-refractivity contribution in [2.24, 2.45) is 5.92 Å². The van der Waals surface area contributed by atoms with E-state index in [0.29, 0.717) is 11.8 Å². The van der Waals surface area contributed by atoms with Gasteiger partial charge in [-0.25, -0.2) is 0 Å². The molecular weight excluding hydrogens is 316 g/mol. The van der Waals surface area contributed by atoms with Crippen molar-refractivity contribution in [1.82, 2.24) is 9.78 Å². The van der Waals surface area contributed by atoms with Crippen molar-refractivity contribution < 1.29 is 5.11 Å². The molecule has 0 saturated heterocycles. The smallest absolute Gasteiger partial charge is 0.100 e. The van der Waals surface area contributed by atoms with E-state index >= 15 is 0 Å². The van der Waals surface area contributed by atoms with Crippen LogP contribution in [0.2, 0.25) is 0 Å². The predicted molar refractivity (Wildman–Crippen MR) is 82.5 cm³/mol. The number of hydrogen-bond acceptors (Lipinski definition) is 2. The molecule has 0 radical (unpaired) electrons. The molecule has 4 heteroatoms. The van der Waals surface area contributed by atoms with E-state index in [4.69, 9.17) is 0 Å². The molecule has 1 aromatic carbocycles. The van der Waals surface area contributed by atoms with E-state index in [1.807, 2.05) is 10.7 Å². The second-order valence-electron chi connectivity index (χ2n) is 5.46. The summed E-state index contributed by atoms with van der Waals surface area (Å²) in [7, 11) is 0. The van der Waals surface area contributed by atoms with E-state index in [0.717, 1.165) is 29.6 Å². The standard InChI is InChI=1S/C16H19BrN2O/c1-2-8-19-15(14(17)10-18-19)16(20)13-9-12(13)11-6-4-3-5-7-11/h3-7,10,12-13,16,20H,2,8-9H2,1H3. The van der Waals surface area contributed by atoms with Crippen molar-refractivity contribution in [2.75, 3.05) is 0 Å². The Balaban J connectivity index is 1.78. The van der Waals surface area contributed by atoms with Gasteiger partial charge in [-0.15, -0.1) is 0 Å². The summed E-state index contributed by atoms with van der Waals surface area (Å²) in [6.07, 6.45) is 3.41. The molecule has 3 nitrogen and oxygen atoms in total. The van der Waals surface area contributed by atoms with Crippen LogP contribution in [0.25, 0.3) is 0 Å². The van der Waals surface area contributed by atoms with Gasteiger partial charge in [0.15, 0.2) is 0 Å². The molecule has 1 fully saturated rings. The Morgan fingerprint density at radius 3 is 2.85 bits per heavy atom. The molecule has 20 heavy (non-hydrogen) atoms. The van der Waals surface area contributed by atoms with Crippen LogP contribution in [-0.2, 0) is 6.54 Å². The molecule has 1 aliphatic rings. The lowest BCUT2D eigenvalue weighted by molar-refractivity contribution is 0.139. The average Bonchev–Trinajstić information content (AvgIpc) is 3.19. The molecule has 1 saturated carbocycles. The van der Waals surface area contributed by atoms with Gasteiger partial charge in [-0.1, -0.05) is 37.3 Å². The summed E-state index contributed by atoms with van der Waals surface area (Å²) in [6.45, 7) is 2.97. The molecule has 1 heterocycles. The highest BCUT2D eigenvalue weighted by Gasteiger charge is 2.45. The highest BCUT2D eigenvalue weighted by atomic mass is 79.9. The topological polar surface area (TPSA) is 38.0 Å². The average molecular weight is 335 g/mol. The first-order valence-corrected chi connectivity index (χ1v) is 7.96. The summed E-state index contributed by atoms with van der Waals surface area (Å²) >= 11 is 3.52. The highest BCUT2D eigenvalue weighted by molar-refractivity contribution is 9.10. The first kappa shape index (κ1) is 13.8. The number of aromatic nitrogens is 2. The SMILES string of the molecule is CCCn1ncc(Br)c1C(O)C1CC1c1ccccc1. The van der Waals surface area contributed by atoms with Crippen LogP contribution in [0.5, 0.6) is 0 Å². The highest BCUT2D eigenvalue weighted by Crippen LogP contribution is 2.54.